The van der Waals surface area contributed by atoms with Crippen LogP contribution in [0.1, 0.15) is 24.9 Å². The van der Waals surface area contributed by atoms with Gasteiger partial charge in [-0.3, -0.25) is 0 Å². The third-order valence-electron chi connectivity index (χ3n) is 3.22. The van der Waals surface area contributed by atoms with Gasteiger partial charge in [0.05, 0.1) is 13.2 Å². The second-order valence-corrected chi connectivity index (χ2v) is 4.57. The number of nitrogens with zero attached hydrogens (tertiary/aromatic N) is 1. The molecule has 0 radical (unpaired) electrons. The summed E-state index contributed by atoms with van der Waals surface area (Å²) in [7, 11) is 1.66. The average Bonchev–Trinajstić information content (AvgIpc) is 2.74. The highest BCUT2D eigenvalue weighted by atomic mass is 16.5. The van der Waals surface area contributed by atoms with Gasteiger partial charge >= 0.3 is 0 Å². The second kappa shape index (κ2) is 4.94. The summed E-state index contributed by atoms with van der Waals surface area (Å²) < 4.78 is 5.36. The van der Waals surface area contributed by atoms with Crippen LogP contribution in [0.2, 0.25) is 0 Å². The van der Waals surface area contributed by atoms with Gasteiger partial charge in [0.25, 0.3) is 0 Å². The molecular weight excluding hydrogens is 216 g/mol. The zero-order valence-electron chi connectivity index (χ0n) is 10.4. The van der Waals surface area contributed by atoms with E-state index < -0.39 is 0 Å². The van der Waals surface area contributed by atoms with Crippen molar-refractivity contribution in [2.75, 3.05) is 25.1 Å². The van der Waals surface area contributed by atoms with Gasteiger partial charge < -0.3 is 20.5 Å². The Labute approximate surface area is 102 Å². The standard InChI is InChI=1S/C13H20N2O2/c1-9(14)13-11(4-3-5-12(13)17-2)15-7-6-10(16)8-15/h3-5,9-10,16H,6-8,14H2,1-2H3/t9-,10?/m1/s1. The van der Waals surface area contributed by atoms with E-state index in [1.807, 2.05) is 25.1 Å². The van der Waals surface area contributed by atoms with Gasteiger partial charge in [0, 0.05) is 30.4 Å². The van der Waals surface area contributed by atoms with Crippen LogP contribution in [0.3, 0.4) is 0 Å². The van der Waals surface area contributed by atoms with Crippen molar-refractivity contribution in [1.29, 1.82) is 0 Å². The third kappa shape index (κ3) is 2.37. The minimum atomic E-state index is -0.234. The van der Waals surface area contributed by atoms with Crippen molar-refractivity contribution in [3.8, 4) is 5.75 Å². The Morgan fingerprint density at radius 1 is 1.53 bits per heavy atom. The lowest BCUT2D eigenvalue weighted by atomic mass is 10.0. The lowest BCUT2D eigenvalue weighted by molar-refractivity contribution is 0.198. The van der Waals surface area contributed by atoms with Gasteiger partial charge in [-0.25, -0.2) is 0 Å². The van der Waals surface area contributed by atoms with Crippen molar-refractivity contribution in [2.24, 2.45) is 5.73 Å². The number of aliphatic hydroxyl groups excluding tert-OH is 1. The van der Waals surface area contributed by atoms with E-state index in [1.54, 1.807) is 7.11 Å². The van der Waals surface area contributed by atoms with Crippen LogP contribution >= 0.6 is 0 Å². The van der Waals surface area contributed by atoms with Gasteiger partial charge in [0.1, 0.15) is 5.75 Å². The summed E-state index contributed by atoms with van der Waals surface area (Å²) in [5, 5.41) is 9.61. The first kappa shape index (κ1) is 12.2. The van der Waals surface area contributed by atoms with E-state index in [0.29, 0.717) is 6.54 Å². The molecule has 1 unspecified atom stereocenters. The van der Waals surface area contributed by atoms with Crippen LogP contribution in [0.4, 0.5) is 5.69 Å². The first-order chi connectivity index (χ1) is 8.13. The van der Waals surface area contributed by atoms with Crippen LogP contribution in [0.15, 0.2) is 18.2 Å². The Morgan fingerprint density at radius 2 is 2.29 bits per heavy atom. The second-order valence-electron chi connectivity index (χ2n) is 4.57. The molecule has 1 aromatic rings. The van der Waals surface area contributed by atoms with Crippen LogP contribution in [0.5, 0.6) is 5.75 Å². The highest BCUT2D eigenvalue weighted by Gasteiger charge is 2.24. The van der Waals surface area contributed by atoms with Gasteiger partial charge in [-0.2, -0.15) is 0 Å². The van der Waals surface area contributed by atoms with Crippen molar-refractivity contribution < 1.29 is 9.84 Å². The molecule has 2 atom stereocenters. The molecule has 4 nitrogen and oxygen atoms in total. The SMILES string of the molecule is COc1cccc(N2CCC(O)C2)c1[C@@H](C)N. The van der Waals surface area contributed by atoms with Crippen LogP contribution in [0, 0.1) is 0 Å². The zero-order chi connectivity index (χ0) is 12.4. The average molecular weight is 236 g/mol. The van der Waals surface area contributed by atoms with E-state index in [4.69, 9.17) is 10.5 Å². The highest BCUT2D eigenvalue weighted by molar-refractivity contribution is 5.61. The predicted molar refractivity (Wildman–Crippen MR) is 68.4 cm³/mol. The fourth-order valence-corrected chi connectivity index (χ4v) is 2.40. The molecule has 2 rings (SSSR count). The van der Waals surface area contributed by atoms with E-state index >= 15 is 0 Å². The molecule has 0 aliphatic carbocycles. The maximum Gasteiger partial charge on any atom is 0.125 e. The summed E-state index contributed by atoms with van der Waals surface area (Å²) in [4.78, 5) is 2.17. The predicted octanol–water partition coefficient (Wildman–Crippen LogP) is 1.29. The van der Waals surface area contributed by atoms with E-state index in [2.05, 4.69) is 4.90 Å². The number of benzene rings is 1. The fraction of sp³-hybridized carbons (Fsp3) is 0.538. The van der Waals surface area contributed by atoms with Gasteiger partial charge in [0.2, 0.25) is 0 Å². The first-order valence-electron chi connectivity index (χ1n) is 5.99. The molecule has 1 saturated heterocycles. The van der Waals surface area contributed by atoms with E-state index in [-0.39, 0.29) is 12.1 Å². The van der Waals surface area contributed by atoms with Gasteiger partial charge in [0.15, 0.2) is 0 Å². The van der Waals surface area contributed by atoms with Crippen molar-refractivity contribution in [3.05, 3.63) is 23.8 Å². The molecule has 4 heteroatoms. The zero-order valence-corrected chi connectivity index (χ0v) is 10.4. The molecule has 1 heterocycles. The van der Waals surface area contributed by atoms with Gasteiger partial charge in [-0.1, -0.05) is 6.07 Å². The number of rotatable bonds is 3. The molecule has 0 bridgehead atoms. The Morgan fingerprint density at radius 3 is 2.82 bits per heavy atom. The van der Waals surface area contributed by atoms with Gasteiger partial charge in [-0.05, 0) is 25.5 Å². The lowest BCUT2D eigenvalue weighted by Gasteiger charge is -2.24. The lowest BCUT2D eigenvalue weighted by Crippen LogP contribution is -2.24. The first-order valence-corrected chi connectivity index (χ1v) is 5.99. The smallest absolute Gasteiger partial charge is 0.125 e. The van der Waals surface area contributed by atoms with E-state index in [0.717, 1.165) is 30.0 Å². The summed E-state index contributed by atoms with van der Waals surface area (Å²) >= 11 is 0. The molecule has 0 aromatic heterocycles. The van der Waals surface area contributed by atoms with Crippen LogP contribution in [0.25, 0.3) is 0 Å². The summed E-state index contributed by atoms with van der Waals surface area (Å²) in [6.07, 6.45) is 0.581. The number of β-amino-alcohol motifs (C(OH)–C–C–N with tert-alkyl or cyclic N) is 1. The summed E-state index contributed by atoms with van der Waals surface area (Å²) in [6, 6.07) is 5.84. The molecule has 0 saturated carbocycles. The van der Waals surface area contributed by atoms with E-state index in [9.17, 15) is 5.11 Å². The summed E-state index contributed by atoms with van der Waals surface area (Å²) in [6.45, 7) is 3.49. The Hall–Kier alpha value is -1.26. The number of hydrogen-bond acceptors (Lipinski definition) is 4. The van der Waals surface area contributed by atoms with Crippen LogP contribution in [-0.2, 0) is 0 Å². The number of methoxy groups -OCH3 is 1. The van der Waals surface area contributed by atoms with Crippen molar-refractivity contribution in [1.82, 2.24) is 0 Å². The number of aliphatic hydroxyl groups is 1. The normalized spacial score (nSPS) is 21.6. The van der Waals surface area contributed by atoms with Crippen molar-refractivity contribution in [2.45, 2.75) is 25.5 Å². The molecule has 94 valence electrons. The number of anilines is 1. The number of hydrogen-bond donors (Lipinski definition) is 2. The number of ether oxygens (including phenoxy) is 1. The molecule has 0 spiro atoms. The fourth-order valence-electron chi connectivity index (χ4n) is 2.40. The topological polar surface area (TPSA) is 58.7 Å². The molecule has 3 N–H and O–H groups in total. The van der Waals surface area contributed by atoms with Crippen LogP contribution < -0.4 is 15.4 Å². The van der Waals surface area contributed by atoms with Crippen molar-refractivity contribution >= 4 is 5.69 Å². The Balaban J connectivity index is 2.39. The maximum atomic E-state index is 9.61. The van der Waals surface area contributed by atoms with Gasteiger partial charge in [-0.15, -0.1) is 0 Å². The monoisotopic (exact) mass is 236 g/mol. The molecular formula is C13H20N2O2. The molecule has 1 fully saturated rings. The highest BCUT2D eigenvalue weighted by Crippen LogP contribution is 2.35. The molecule has 1 aliphatic heterocycles. The summed E-state index contributed by atoms with van der Waals surface area (Å²) in [5.41, 5.74) is 8.12. The number of nitrogens with two attached hydrogens (primary N) is 1. The minimum absolute atomic E-state index is 0.0844. The Kier molecular flexibility index (Phi) is 3.54. The maximum absolute atomic E-state index is 9.61. The van der Waals surface area contributed by atoms with E-state index in [1.165, 1.54) is 0 Å². The third-order valence-corrected chi connectivity index (χ3v) is 3.22. The van der Waals surface area contributed by atoms with Crippen molar-refractivity contribution in [3.63, 3.8) is 0 Å². The Bertz CT molecular complexity index is 393. The summed E-state index contributed by atoms with van der Waals surface area (Å²) in [5.74, 6) is 0.818. The molecule has 1 aliphatic rings. The largest absolute Gasteiger partial charge is 0.496 e. The molecule has 1 aromatic carbocycles. The minimum Gasteiger partial charge on any atom is -0.496 e. The quantitative estimate of drug-likeness (QED) is 0.830. The molecule has 17 heavy (non-hydrogen) atoms. The molecule has 0 amide bonds. The van der Waals surface area contributed by atoms with Crippen LogP contribution in [-0.4, -0.2) is 31.4 Å².